The second kappa shape index (κ2) is 12.1. The van der Waals surface area contributed by atoms with Gasteiger partial charge in [0.05, 0.1) is 0 Å². The van der Waals surface area contributed by atoms with Crippen molar-refractivity contribution in [1.82, 2.24) is 9.80 Å². The first-order valence-corrected chi connectivity index (χ1v) is 11.6. The second-order valence-corrected chi connectivity index (χ2v) is 8.84. The molecule has 1 amide bonds. The van der Waals surface area contributed by atoms with Crippen LogP contribution in [0.15, 0.2) is 60.2 Å². The fraction of sp³-hybridized carbons (Fsp3) is 0.370. The molecule has 0 spiro atoms. The van der Waals surface area contributed by atoms with Gasteiger partial charge in [-0.15, -0.1) is 0 Å². The summed E-state index contributed by atoms with van der Waals surface area (Å²) in [6, 6.07) is 19.0. The van der Waals surface area contributed by atoms with Gasteiger partial charge < -0.3 is 15.1 Å². The Bertz CT molecular complexity index is 1010. The van der Waals surface area contributed by atoms with Gasteiger partial charge in [0.15, 0.2) is 0 Å². The smallest absolute Gasteiger partial charge is 0.414 e. The molecule has 7 heteroatoms. The Hall–Kier alpha value is -3.45. The van der Waals surface area contributed by atoms with Gasteiger partial charge in [0.1, 0.15) is 0 Å². The largest absolute Gasteiger partial charge is 0.473 e. The molecule has 7 nitrogen and oxygen atoms in total. The number of carbonyl (C=O) groups is 3. The Balaban J connectivity index is 0.000000481. The van der Waals surface area contributed by atoms with E-state index in [0.717, 1.165) is 52.0 Å². The molecule has 2 aliphatic heterocycles. The molecule has 0 radical (unpaired) electrons. The third-order valence-electron chi connectivity index (χ3n) is 6.25. The molecular weight excluding hydrogens is 432 g/mol. The van der Waals surface area contributed by atoms with Crippen molar-refractivity contribution in [3.8, 4) is 0 Å². The van der Waals surface area contributed by atoms with Crippen molar-refractivity contribution in [2.45, 2.75) is 32.7 Å². The molecule has 34 heavy (non-hydrogen) atoms. The van der Waals surface area contributed by atoms with Crippen molar-refractivity contribution in [1.29, 1.82) is 0 Å². The van der Waals surface area contributed by atoms with Gasteiger partial charge in [-0.25, -0.2) is 9.59 Å². The first-order valence-electron chi connectivity index (χ1n) is 11.6. The molecule has 2 N–H and O–H groups in total. The summed E-state index contributed by atoms with van der Waals surface area (Å²) >= 11 is 0. The van der Waals surface area contributed by atoms with E-state index < -0.39 is 11.9 Å². The number of carboxylic acid groups (broad SMARTS) is 2. The summed E-state index contributed by atoms with van der Waals surface area (Å²) in [6.45, 7) is 6.88. The highest BCUT2D eigenvalue weighted by atomic mass is 16.4. The van der Waals surface area contributed by atoms with E-state index in [0.29, 0.717) is 5.91 Å². The number of hydrogen-bond acceptors (Lipinski definition) is 4. The number of fused-ring (bicyclic) bond motifs is 1. The molecule has 2 heterocycles. The number of amides is 1. The van der Waals surface area contributed by atoms with Crippen molar-refractivity contribution in [2.75, 3.05) is 26.2 Å². The summed E-state index contributed by atoms with van der Waals surface area (Å²) in [4.78, 5) is 35.8. The van der Waals surface area contributed by atoms with Crippen molar-refractivity contribution in [2.24, 2.45) is 5.92 Å². The van der Waals surface area contributed by atoms with E-state index in [-0.39, 0.29) is 5.92 Å². The molecular formula is C27H32N2O5. The molecule has 0 saturated carbocycles. The van der Waals surface area contributed by atoms with Crippen LogP contribution >= 0.6 is 0 Å². The van der Waals surface area contributed by atoms with E-state index in [4.69, 9.17) is 19.8 Å². The first kappa shape index (κ1) is 25.2. The maximum absolute atomic E-state index is 13.0. The number of piperidine rings is 1. The number of likely N-dealkylation sites (tertiary alicyclic amines) is 1. The van der Waals surface area contributed by atoms with E-state index in [1.54, 1.807) is 0 Å². The minimum absolute atomic E-state index is 0.194. The lowest BCUT2D eigenvalue weighted by molar-refractivity contribution is -0.159. The lowest BCUT2D eigenvalue weighted by Crippen LogP contribution is -2.44. The average molecular weight is 465 g/mol. The van der Waals surface area contributed by atoms with E-state index in [1.807, 2.05) is 0 Å². The molecule has 0 aromatic heterocycles. The maximum Gasteiger partial charge on any atom is 0.414 e. The fourth-order valence-corrected chi connectivity index (χ4v) is 4.51. The van der Waals surface area contributed by atoms with E-state index in [2.05, 4.69) is 77.4 Å². The van der Waals surface area contributed by atoms with Crippen LogP contribution in [0, 0.1) is 5.92 Å². The number of rotatable bonds is 4. The molecule has 4 rings (SSSR count). The van der Waals surface area contributed by atoms with Crippen LogP contribution < -0.4 is 0 Å². The molecule has 0 aliphatic carbocycles. The topological polar surface area (TPSA) is 98.2 Å². The molecule has 1 fully saturated rings. The summed E-state index contributed by atoms with van der Waals surface area (Å²) in [5, 5.41) is 14.8. The number of benzene rings is 2. The van der Waals surface area contributed by atoms with Crippen LogP contribution in [0.2, 0.25) is 0 Å². The Kier molecular flexibility index (Phi) is 8.99. The maximum atomic E-state index is 13.0. The monoisotopic (exact) mass is 464 g/mol. The van der Waals surface area contributed by atoms with Gasteiger partial charge in [0.2, 0.25) is 5.91 Å². The van der Waals surface area contributed by atoms with Crippen molar-refractivity contribution in [3.05, 3.63) is 76.9 Å². The normalized spacial score (nSPS) is 16.7. The first-order chi connectivity index (χ1) is 16.3. The molecule has 0 bridgehead atoms. The van der Waals surface area contributed by atoms with Crippen LogP contribution in [0.5, 0.6) is 0 Å². The Morgan fingerprint density at radius 1 is 0.882 bits per heavy atom. The quantitative estimate of drug-likeness (QED) is 0.672. The zero-order valence-corrected chi connectivity index (χ0v) is 19.5. The fourth-order valence-electron chi connectivity index (χ4n) is 4.51. The van der Waals surface area contributed by atoms with Crippen molar-refractivity contribution >= 4 is 23.9 Å². The highest BCUT2D eigenvalue weighted by Gasteiger charge is 2.30. The van der Waals surface area contributed by atoms with Crippen LogP contribution in [0.3, 0.4) is 0 Å². The summed E-state index contributed by atoms with van der Waals surface area (Å²) in [6.07, 6.45) is 5.22. The lowest BCUT2D eigenvalue weighted by atomic mass is 9.93. The van der Waals surface area contributed by atoms with Gasteiger partial charge in [-0.2, -0.15) is 0 Å². The average Bonchev–Trinajstić information content (AvgIpc) is 2.84. The minimum Gasteiger partial charge on any atom is -0.473 e. The van der Waals surface area contributed by atoms with Crippen molar-refractivity contribution in [3.63, 3.8) is 0 Å². The minimum atomic E-state index is -1.82. The molecule has 0 unspecified atom stereocenters. The SMILES string of the molecule is CC(=Cc1ccccc1)CN1CCC(C(=O)N2CCc3ccccc3C2)CC1.O=C(O)C(=O)O. The summed E-state index contributed by atoms with van der Waals surface area (Å²) < 4.78 is 0. The molecule has 1 saturated heterocycles. The molecule has 180 valence electrons. The molecule has 0 atom stereocenters. The number of aliphatic carboxylic acids is 2. The highest BCUT2D eigenvalue weighted by Crippen LogP contribution is 2.25. The summed E-state index contributed by atoms with van der Waals surface area (Å²) in [5.41, 5.74) is 5.36. The van der Waals surface area contributed by atoms with E-state index >= 15 is 0 Å². The number of carboxylic acids is 2. The number of carbonyl (C=O) groups excluding carboxylic acids is 1. The number of nitrogens with zero attached hydrogens (tertiary/aromatic N) is 2. The van der Waals surface area contributed by atoms with E-state index in [9.17, 15) is 4.79 Å². The van der Waals surface area contributed by atoms with E-state index in [1.165, 1.54) is 22.3 Å². The predicted octanol–water partition coefficient (Wildman–Crippen LogP) is 3.54. The van der Waals surface area contributed by atoms with Gasteiger partial charge in [-0.05, 0) is 56.0 Å². The lowest BCUT2D eigenvalue weighted by Gasteiger charge is -2.36. The second-order valence-electron chi connectivity index (χ2n) is 8.84. The summed E-state index contributed by atoms with van der Waals surface area (Å²) in [5.74, 6) is -3.09. The van der Waals surface area contributed by atoms with Crippen LogP contribution in [-0.2, 0) is 27.3 Å². The van der Waals surface area contributed by atoms with Crippen LogP contribution in [0.25, 0.3) is 6.08 Å². The van der Waals surface area contributed by atoms with Gasteiger partial charge in [-0.1, -0.05) is 66.2 Å². The Morgan fingerprint density at radius 3 is 2.09 bits per heavy atom. The number of hydrogen-bond donors (Lipinski definition) is 2. The Labute approximate surface area is 200 Å². The van der Waals surface area contributed by atoms with Gasteiger partial charge in [-0.3, -0.25) is 9.69 Å². The third kappa shape index (κ3) is 7.28. The Morgan fingerprint density at radius 2 is 1.47 bits per heavy atom. The van der Waals surface area contributed by atoms with Gasteiger partial charge in [0, 0.05) is 25.6 Å². The third-order valence-corrected chi connectivity index (χ3v) is 6.25. The molecule has 2 aliphatic rings. The van der Waals surface area contributed by atoms with Crippen LogP contribution in [0.4, 0.5) is 0 Å². The highest BCUT2D eigenvalue weighted by molar-refractivity contribution is 6.27. The van der Waals surface area contributed by atoms with Gasteiger partial charge in [0.25, 0.3) is 0 Å². The van der Waals surface area contributed by atoms with Crippen LogP contribution in [-0.4, -0.2) is 64.0 Å². The standard InChI is InChI=1S/C25H30N2O.C2H2O4/c1-20(17-21-7-3-2-4-8-21)18-26-14-11-23(12-15-26)25(28)27-16-13-22-9-5-6-10-24(22)19-27;3-1(4)2(5)6/h2-10,17,23H,11-16,18-19H2,1H3;(H,3,4)(H,5,6). The van der Waals surface area contributed by atoms with Crippen molar-refractivity contribution < 1.29 is 24.6 Å². The zero-order valence-electron chi connectivity index (χ0n) is 19.5. The molecule has 2 aromatic rings. The predicted molar refractivity (Wildman–Crippen MR) is 130 cm³/mol. The summed E-state index contributed by atoms with van der Waals surface area (Å²) in [7, 11) is 0. The molecule has 2 aromatic carbocycles. The zero-order chi connectivity index (χ0) is 24.5. The van der Waals surface area contributed by atoms with Crippen LogP contribution in [0.1, 0.15) is 36.5 Å². The van der Waals surface area contributed by atoms with Gasteiger partial charge >= 0.3 is 11.9 Å².